The summed E-state index contributed by atoms with van der Waals surface area (Å²) in [5.74, 6) is -0.858. The van der Waals surface area contributed by atoms with E-state index in [1.54, 1.807) is 24.5 Å². The molecule has 0 aliphatic carbocycles. The summed E-state index contributed by atoms with van der Waals surface area (Å²) in [6.45, 7) is 0.111. The number of rotatable bonds is 4. The maximum atomic E-state index is 13.7. The molecule has 0 radical (unpaired) electrons. The fourth-order valence-corrected chi connectivity index (χ4v) is 2.93. The summed E-state index contributed by atoms with van der Waals surface area (Å²) >= 11 is 0. The zero-order valence-corrected chi connectivity index (χ0v) is 11.6. The molecule has 7 heteroatoms. The van der Waals surface area contributed by atoms with E-state index in [-0.39, 0.29) is 12.2 Å². The molecule has 2 rings (SSSR count). The van der Waals surface area contributed by atoms with Crippen LogP contribution in [0.3, 0.4) is 0 Å². The van der Waals surface area contributed by atoms with E-state index in [2.05, 4.69) is 4.98 Å². The van der Waals surface area contributed by atoms with Crippen LogP contribution in [0.2, 0.25) is 0 Å². The van der Waals surface area contributed by atoms with E-state index < -0.39 is 20.7 Å². The second kappa shape index (κ2) is 5.56. The molecule has 0 aliphatic heterocycles. The summed E-state index contributed by atoms with van der Waals surface area (Å²) in [4.78, 5) is 3.52. The van der Waals surface area contributed by atoms with Gasteiger partial charge >= 0.3 is 0 Å². The molecule has 20 heavy (non-hydrogen) atoms. The SMILES string of the molecule is CN(Cc1cccnc1)S(=O)(=O)c1ccc(N)cc1F. The third-order valence-electron chi connectivity index (χ3n) is 2.77. The van der Waals surface area contributed by atoms with Crippen LogP contribution in [0.5, 0.6) is 0 Å². The summed E-state index contributed by atoms with van der Waals surface area (Å²) in [6.07, 6.45) is 3.16. The Morgan fingerprint density at radius 3 is 2.70 bits per heavy atom. The molecule has 0 bridgehead atoms. The topological polar surface area (TPSA) is 76.3 Å². The molecule has 0 atom stereocenters. The monoisotopic (exact) mass is 295 g/mol. The van der Waals surface area contributed by atoms with Gasteiger partial charge in [0.05, 0.1) is 0 Å². The second-order valence-corrected chi connectivity index (χ2v) is 6.33. The number of nitrogens with zero attached hydrogens (tertiary/aromatic N) is 2. The number of aromatic nitrogens is 1. The van der Waals surface area contributed by atoms with Crippen LogP contribution < -0.4 is 5.73 Å². The maximum absolute atomic E-state index is 13.7. The summed E-state index contributed by atoms with van der Waals surface area (Å²) in [5, 5.41) is 0. The Bertz CT molecular complexity index is 705. The molecule has 0 spiro atoms. The first-order valence-electron chi connectivity index (χ1n) is 5.81. The first kappa shape index (κ1) is 14.4. The minimum absolute atomic E-state index is 0.111. The standard InChI is InChI=1S/C13H14FN3O2S/c1-17(9-10-3-2-6-16-8-10)20(18,19)13-5-4-11(15)7-12(13)14/h2-8H,9,15H2,1H3. The third kappa shape index (κ3) is 2.94. The van der Waals surface area contributed by atoms with E-state index in [0.717, 1.165) is 15.9 Å². The average Bonchev–Trinajstić information content (AvgIpc) is 2.39. The number of halogens is 1. The first-order valence-corrected chi connectivity index (χ1v) is 7.25. The van der Waals surface area contributed by atoms with Gasteiger partial charge in [0.25, 0.3) is 0 Å². The van der Waals surface area contributed by atoms with Gasteiger partial charge in [0.2, 0.25) is 10.0 Å². The van der Waals surface area contributed by atoms with Gasteiger partial charge in [-0.05, 0) is 29.8 Å². The molecule has 0 fully saturated rings. The Morgan fingerprint density at radius 1 is 1.35 bits per heavy atom. The number of benzene rings is 1. The molecule has 0 unspecified atom stereocenters. The van der Waals surface area contributed by atoms with Gasteiger partial charge < -0.3 is 5.73 Å². The fraction of sp³-hybridized carbons (Fsp3) is 0.154. The minimum atomic E-state index is -3.91. The van der Waals surface area contributed by atoms with Crippen LogP contribution in [0.25, 0.3) is 0 Å². The molecule has 0 saturated carbocycles. The van der Waals surface area contributed by atoms with Crippen LogP contribution >= 0.6 is 0 Å². The summed E-state index contributed by atoms with van der Waals surface area (Å²) < 4.78 is 39.4. The van der Waals surface area contributed by atoms with E-state index >= 15 is 0 Å². The molecule has 2 aromatic rings. The smallest absolute Gasteiger partial charge is 0.246 e. The van der Waals surface area contributed by atoms with E-state index in [4.69, 9.17) is 5.73 Å². The fourth-order valence-electron chi connectivity index (χ4n) is 1.73. The normalized spacial score (nSPS) is 11.8. The lowest BCUT2D eigenvalue weighted by Gasteiger charge is -2.17. The Kier molecular flexibility index (Phi) is 4.01. The Hall–Kier alpha value is -1.99. The van der Waals surface area contributed by atoms with Crippen molar-refractivity contribution in [1.29, 1.82) is 0 Å². The molecule has 1 heterocycles. The molecule has 5 nitrogen and oxygen atoms in total. The van der Waals surface area contributed by atoms with Crippen LogP contribution in [0, 0.1) is 5.82 Å². The van der Waals surface area contributed by atoms with Crippen molar-refractivity contribution < 1.29 is 12.8 Å². The number of pyridine rings is 1. The van der Waals surface area contributed by atoms with Crippen LogP contribution in [0.1, 0.15) is 5.56 Å². The Labute approximate surface area is 116 Å². The second-order valence-electron chi connectivity index (χ2n) is 4.31. The van der Waals surface area contributed by atoms with Gasteiger partial charge in [0, 0.05) is 31.7 Å². The van der Waals surface area contributed by atoms with Crippen molar-refractivity contribution in [3.8, 4) is 0 Å². The van der Waals surface area contributed by atoms with Crippen molar-refractivity contribution in [2.24, 2.45) is 0 Å². The number of nitrogen functional groups attached to an aromatic ring is 1. The highest BCUT2D eigenvalue weighted by Crippen LogP contribution is 2.21. The van der Waals surface area contributed by atoms with E-state index in [1.807, 2.05) is 0 Å². The molecular formula is C13H14FN3O2S. The molecule has 0 amide bonds. The van der Waals surface area contributed by atoms with Gasteiger partial charge in [-0.2, -0.15) is 4.31 Å². The number of nitrogens with two attached hydrogens (primary N) is 1. The average molecular weight is 295 g/mol. The van der Waals surface area contributed by atoms with Crippen molar-refractivity contribution in [3.05, 3.63) is 54.1 Å². The van der Waals surface area contributed by atoms with Crippen LogP contribution in [-0.2, 0) is 16.6 Å². The number of sulfonamides is 1. The van der Waals surface area contributed by atoms with E-state index in [1.165, 1.54) is 19.2 Å². The highest BCUT2D eigenvalue weighted by atomic mass is 32.2. The van der Waals surface area contributed by atoms with Gasteiger partial charge in [0.1, 0.15) is 10.7 Å². The van der Waals surface area contributed by atoms with Crippen LogP contribution in [0.15, 0.2) is 47.6 Å². The lowest BCUT2D eigenvalue weighted by atomic mass is 10.3. The largest absolute Gasteiger partial charge is 0.399 e. The van der Waals surface area contributed by atoms with Crippen molar-refractivity contribution in [2.45, 2.75) is 11.4 Å². The summed E-state index contributed by atoms with van der Waals surface area (Å²) in [7, 11) is -2.52. The zero-order valence-electron chi connectivity index (χ0n) is 10.8. The predicted molar refractivity (Wildman–Crippen MR) is 73.7 cm³/mol. The van der Waals surface area contributed by atoms with Crippen molar-refractivity contribution in [1.82, 2.24) is 9.29 Å². The molecule has 1 aromatic heterocycles. The third-order valence-corrected chi connectivity index (χ3v) is 4.61. The van der Waals surface area contributed by atoms with Gasteiger partial charge in [0.15, 0.2) is 0 Å². The van der Waals surface area contributed by atoms with Crippen molar-refractivity contribution in [2.75, 3.05) is 12.8 Å². The van der Waals surface area contributed by atoms with Gasteiger partial charge in [-0.15, -0.1) is 0 Å². The van der Waals surface area contributed by atoms with Crippen LogP contribution in [-0.4, -0.2) is 24.8 Å². The van der Waals surface area contributed by atoms with Gasteiger partial charge in [-0.25, -0.2) is 12.8 Å². The Morgan fingerprint density at radius 2 is 2.10 bits per heavy atom. The molecular weight excluding hydrogens is 281 g/mol. The number of anilines is 1. The lowest BCUT2D eigenvalue weighted by Crippen LogP contribution is -2.27. The highest BCUT2D eigenvalue weighted by Gasteiger charge is 2.24. The molecule has 106 valence electrons. The maximum Gasteiger partial charge on any atom is 0.246 e. The minimum Gasteiger partial charge on any atom is -0.399 e. The lowest BCUT2D eigenvalue weighted by molar-refractivity contribution is 0.459. The summed E-state index contributed by atoms with van der Waals surface area (Å²) in [5.41, 5.74) is 6.31. The van der Waals surface area contributed by atoms with E-state index in [0.29, 0.717) is 0 Å². The highest BCUT2D eigenvalue weighted by molar-refractivity contribution is 7.89. The van der Waals surface area contributed by atoms with Crippen molar-refractivity contribution >= 4 is 15.7 Å². The number of hydrogen-bond acceptors (Lipinski definition) is 4. The zero-order chi connectivity index (χ0) is 14.8. The predicted octanol–water partition coefficient (Wildman–Crippen LogP) is 1.62. The Balaban J connectivity index is 2.30. The number of hydrogen-bond donors (Lipinski definition) is 1. The summed E-state index contributed by atoms with van der Waals surface area (Å²) in [6, 6.07) is 6.97. The van der Waals surface area contributed by atoms with Crippen LogP contribution in [0.4, 0.5) is 10.1 Å². The quantitative estimate of drug-likeness (QED) is 0.870. The van der Waals surface area contributed by atoms with Crippen molar-refractivity contribution in [3.63, 3.8) is 0 Å². The molecule has 2 N–H and O–H groups in total. The molecule has 1 aromatic carbocycles. The molecule has 0 aliphatic rings. The van der Waals surface area contributed by atoms with E-state index in [9.17, 15) is 12.8 Å². The van der Waals surface area contributed by atoms with Gasteiger partial charge in [-0.3, -0.25) is 4.98 Å². The first-order chi connectivity index (χ1) is 9.41. The van der Waals surface area contributed by atoms with Gasteiger partial charge in [-0.1, -0.05) is 6.07 Å². The molecule has 0 saturated heterocycles.